The maximum Gasteiger partial charge on any atom is 0.429 e. The number of allylic oxidation sites excluding steroid dienone is 2. The summed E-state index contributed by atoms with van der Waals surface area (Å²) in [6.07, 6.45) is 5.55. The van der Waals surface area contributed by atoms with Gasteiger partial charge in [0.25, 0.3) is 0 Å². The summed E-state index contributed by atoms with van der Waals surface area (Å²) in [6, 6.07) is 3.54. The van der Waals surface area contributed by atoms with Crippen molar-refractivity contribution in [3.63, 3.8) is 0 Å². The molecule has 0 atom stereocenters. The lowest BCUT2D eigenvalue weighted by molar-refractivity contribution is -0.223. The van der Waals surface area contributed by atoms with Crippen LogP contribution in [0.3, 0.4) is 0 Å². The van der Waals surface area contributed by atoms with Gasteiger partial charge < -0.3 is 9.47 Å². The van der Waals surface area contributed by atoms with Crippen molar-refractivity contribution in [3.8, 4) is 11.5 Å². The number of alkyl halides is 4. The van der Waals surface area contributed by atoms with E-state index in [-0.39, 0.29) is 18.8 Å². The van der Waals surface area contributed by atoms with Gasteiger partial charge in [0.05, 0.1) is 5.92 Å². The zero-order chi connectivity index (χ0) is 28.9. The second-order valence-corrected chi connectivity index (χ2v) is 11.1. The van der Waals surface area contributed by atoms with Gasteiger partial charge in [0.2, 0.25) is 0 Å². The van der Waals surface area contributed by atoms with Crippen LogP contribution in [0, 0.1) is 41.1 Å². The van der Waals surface area contributed by atoms with E-state index in [1.54, 1.807) is 0 Å². The first-order chi connectivity index (χ1) is 19.0. The molecule has 40 heavy (non-hydrogen) atoms. The molecule has 0 aliphatic heterocycles. The molecule has 0 N–H and O–H groups in total. The number of benzene rings is 2. The molecule has 0 heterocycles. The van der Waals surface area contributed by atoms with E-state index in [0.29, 0.717) is 43.0 Å². The molecule has 2 aliphatic carbocycles. The van der Waals surface area contributed by atoms with E-state index in [2.05, 4.69) is 23.8 Å². The first-order valence-corrected chi connectivity index (χ1v) is 14.0. The first-order valence-electron chi connectivity index (χ1n) is 14.0. The van der Waals surface area contributed by atoms with Crippen LogP contribution in [0.15, 0.2) is 48.6 Å². The molecule has 0 saturated heterocycles. The molecule has 2 nitrogen and oxygen atoms in total. The van der Waals surface area contributed by atoms with Crippen molar-refractivity contribution in [2.75, 3.05) is 0 Å². The van der Waals surface area contributed by atoms with E-state index in [9.17, 15) is 30.7 Å². The Morgan fingerprint density at radius 2 is 1.25 bits per heavy atom. The molecule has 2 aliphatic rings. The van der Waals surface area contributed by atoms with E-state index in [4.69, 9.17) is 4.74 Å². The Morgan fingerprint density at radius 3 is 1.82 bits per heavy atom. The molecular formula is C31H35F7O2. The van der Waals surface area contributed by atoms with Crippen molar-refractivity contribution in [1.29, 1.82) is 0 Å². The molecule has 0 unspecified atom stereocenters. The fourth-order valence-electron chi connectivity index (χ4n) is 5.82. The van der Waals surface area contributed by atoms with Crippen LogP contribution in [0.2, 0.25) is 0 Å². The molecule has 220 valence electrons. The predicted molar refractivity (Wildman–Crippen MR) is 138 cm³/mol. The minimum atomic E-state index is -4.28. The van der Waals surface area contributed by atoms with Crippen LogP contribution in [0.25, 0.3) is 0 Å². The van der Waals surface area contributed by atoms with Gasteiger partial charge in [-0.15, -0.1) is 0 Å². The highest BCUT2D eigenvalue weighted by Crippen LogP contribution is 2.42. The Hall–Kier alpha value is -2.71. The predicted octanol–water partition coefficient (Wildman–Crippen LogP) is 10.2. The third-order valence-corrected chi connectivity index (χ3v) is 8.14. The summed E-state index contributed by atoms with van der Waals surface area (Å²) >= 11 is 0. The van der Waals surface area contributed by atoms with Crippen LogP contribution in [-0.4, -0.2) is 6.11 Å². The van der Waals surface area contributed by atoms with E-state index in [1.807, 2.05) is 0 Å². The summed E-state index contributed by atoms with van der Waals surface area (Å²) in [6.45, 7) is 2.21. The summed E-state index contributed by atoms with van der Waals surface area (Å²) in [7, 11) is 0. The molecule has 9 heteroatoms. The molecule has 2 saturated carbocycles. The molecule has 0 amide bonds. The van der Waals surface area contributed by atoms with Crippen LogP contribution in [0.1, 0.15) is 76.7 Å². The highest BCUT2D eigenvalue weighted by molar-refractivity contribution is 5.32. The molecule has 2 aromatic carbocycles. The Bertz CT molecular complexity index is 1150. The minimum Gasteiger partial charge on any atom is -0.432 e. The summed E-state index contributed by atoms with van der Waals surface area (Å²) < 4.78 is 109. The second-order valence-electron chi connectivity index (χ2n) is 11.1. The van der Waals surface area contributed by atoms with Crippen LogP contribution < -0.4 is 9.47 Å². The van der Waals surface area contributed by atoms with Gasteiger partial charge >= 0.3 is 12.2 Å². The lowest BCUT2D eigenvalue weighted by Crippen LogP contribution is -2.37. The normalized spacial score (nSPS) is 24.3. The average Bonchev–Trinajstić information content (AvgIpc) is 2.90. The zero-order valence-corrected chi connectivity index (χ0v) is 22.5. The van der Waals surface area contributed by atoms with E-state index >= 15 is 0 Å². The van der Waals surface area contributed by atoms with Crippen LogP contribution in [-0.2, 0) is 6.11 Å². The molecule has 2 fully saturated rings. The third kappa shape index (κ3) is 7.72. The standard InChI is InChI=1S/C31H35F7O2/c1-2-3-20-4-6-21(7-5-20)8-9-22-10-12-23(13-11-22)30(35,36)39-24-14-16-26(28(33)18-24)31(37,38)40-25-15-17-27(32)29(34)19-25/h8-9,14-23H,2-7,10-13H2,1H3/b9-8+. The maximum absolute atomic E-state index is 14.9. The topological polar surface area (TPSA) is 18.5 Å². The van der Waals surface area contributed by atoms with Gasteiger partial charge in [-0.25, -0.2) is 13.2 Å². The lowest BCUT2D eigenvalue weighted by atomic mass is 9.78. The Labute approximate surface area is 230 Å². The first kappa shape index (κ1) is 30.3. The van der Waals surface area contributed by atoms with Gasteiger partial charge in [0.15, 0.2) is 11.6 Å². The molecule has 0 aromatic heterocycles. The monoisotopic (exact) mass is 572 g/mol. The highest BCUT2D eigenvalue weighted by atomic mass is 19.3. The van der Waals surface area contributed by atoms with Crippen molar-refractivity contribution in [3.05, 3.63) is 71.6 Å². The van der Waals surface area contributed by atoms with Crippen molar-refractivity contribution in [1.82, 2.24) is 0 Å². The van der Waals surface area contributed by atoms with E-state index in [0.717, 1.165) is 18.1 Å². The molecule has 0 spiro atoms. The molecule has 0 radical (unpaired) electrons. The third-order valence-electron chi connectivity index (χ3n) is 8.14. The van der Waals surface area contributed by atoms with Gasteiger partial charge in [-0.1, -0.05) is 31.9 Å². The van der Waals surface area contributed by atoms with E-state index in [1.165, 1.54) is 38.5 Å². The fraction of sp³-hybridized carbons (Fsp3) is 0.548. The number of rotatable bonds is 10. The number of hydrogen-bond acceptors (Lipinski definition) is 2. The maximum atomic E-state index is 14.9. The molecule has 0 bridgehead atoms. The van der Waals surface area contributed by atoms with Crippen LogP contribution in [0.4, 0.5) is 30.7 Å². The van der Waals surface area contributed by atoms with Gasteiger partial charge in [0.1, 0.15) is 22.9 Å². The minimum absolute atomic E-state index is 0.228. The number of halogens is 7. The Morgan fingerprint density at radius 1 is 0.700 bits per heavy atom. The highest BCUT2D eigenvalue weighted by Gasteiger charge is 2.44. The van der Waals surface area contributed by atoms with Crippen molar-refractivity contribution in [2.45, 2.75) is 83.3 Å². The van der Waals surface area contributed by atoms with Gasteiger partial charge in [-0.3, -0.25) is 0 Å². The van der Waals surface area contributed by atoms with Gasteiger partial charge in [-0.2, -0.15) is 17.6 Å². The molecule has 2 aromatic rings. The zero-order valence-electron chi connectivity index (χ0n) is 22.5. The van der Waals surface area contributed by atoms with E-state index < -0.39 is 52.6 Å². The Kier molecular flexibility index (Phi) is 9.72. The van der Waals surface area contributed by atoms with Crippen LogP contribution >= 0.6 is 0 Å². The summed E-state index contributed by atoms with van der Waals surface area (Å²) in [5.74, 6) is -5.04. The quantitative estimate of drug-likeness (QED) is 0.208. The van der Waals surface area contributed by atoms with Crippen molar-refractivity contribution >= 4 is 0 Å². The number of hydrogen-bond donors (Lipinski definition) is 0. The Balaban J connectivity index is 1.30. The lowest BCUT2D eigenvalue weighted by Gasteiger charge is -2.33. The number of ether oxygens (including phenoxy) is 2. The smallest absolute Gasteiger partial charge is 0.429 e. The van der Waals surface area contributed by atoms with Crippen molar-refractivity contribution in [2.24, 2.45) is 23.7 Å². The molecular weight excluding hydrogens is 537 g/mol. The summed E-state index contributed by atoms with van der Waals surface area (Å²) in [5.41, 5.74) is -1.26. The SMILES string of the molecule is CCCC1CCC(/C=C/C2CCC(C(F)(F)Oc3ccc(C(F)(F)Oc4ccc(F)c(F)c4)c(F)c3)CC2)CC1. The summed E-state index contributed by atoms with van der Waals surface area (Å²) in [4.78, 5) is 0. The molecule has 4 rings (SSSR count). The van der Waals surface area contributed by atoms with Gasteiger partial charge in [0, 0.05) is 12.1 Å². The van der Waals surface area contributed by atoms with Crippen molar-refractivity contribution < 1.29 is 40.2 Å². The fourth-order valence-corrected chi connectivity index (χ4v) is 5.82. The van der Waals surface area contributed by atoms with Gasteiger partial charge in [-0.05, 0) is 93.4 Å². The second kappa shape index (κ2) is 12.9. The summed E-state index contributed by atoms with van der Waals surface area (Å²) in [5, 5.41) is 0. The largest absolute Gasteiger partial charge is 0.432 e. The average molecular weight is 573 g/mol. The van der Waals surface area contributed by atoms with Crippen LogP contribution in [0.5, 0.6) is 11.5 Å².